The molecule has 0 amide bonds. The predicted molar refractivity (Wildman–Crippen MR) is 55.5 cm³/mol. The van der Waals surface area contributed by atoms with E-state index < -0.39 is 6.61 Å². The highest BCUT2D eigenvalue weighted by molar-refractivity contribution is 5.66. The molecule has 0 spiro atoms. The van der Waals surface area contributed by atoms with Crippen molar-refractivity contribution in [2.24, 2.45) is 0 Å². The SMILES string of the molecule is Cc1ccc(-c2ccco2)c(OC(F)F)c1. The number of aryl methyl sites for hydroxylation is 1. The standard InChI is InChI=1S/C12H10F2O2/c1-8-4-5-9(10-3-2-6-15-10)11(7-8)16-12(13)14/h2-7,12H,1H3. The molecular weight excluding hydrogens is 214 g/mol. The van der Waals surface area contributed by atoms with Gasteiger partial charge in [0.25, 0.3) is 0 Å². The molecule has 0 atom stereocenters. The van der Waals surface area contributed by atoms with E-state index in [0.29, 0.717) is 11.3 Å². The van der Waals surface area contributed by atoms with Crippen molar-refractivity contribution in [3.8, 4) is 17.1 Å². The van der Waals surface area contributed by atoms with Crippen LogP contribution in [0.1, 0.15) is 5.56 Å². The van der Waals surface area contributed by atoms with E-state index in [1.54, 1.807) is 24.3 Å². The van der Waals surface area contributed by atoms with Crippen molar-refractivity contribution in [1.82, 2.24) is 0 Å². The van der Waals surface area contributed by atoms with Gasteiger partial charge in [0.15, 0.2) is 0 Å². The Kier molecular flexibility index (Phi) is 2.90. The molecule has 0 aliphatic rings. The summed E-state index contributed by atoms with van der Waals surface area (Å²) in [6.45, 7) is -1.03. The summed E-state index contributed by atoms with van der Waals surface area (Å²) in [6.07, 6.45) is 1.49. The minimum Gasteiger partial charge on any atom is -0.464 e. The van der Waals surface area contributed by atoms with Gasteiger partial charge in [0.1, 0.15) is 11.5 Å². The smallest absolute Gasteiger partial charge is 0.387 e. The predicted octanol–water partition coefficient (Wildman–Crippen LogP) is 3.86. The lowest BCUT2D eigenvalue weighted by Gasteiger charge is -2.09. The van der Waals surface area contributed by atoms with Crippen molar-refractivity contribution in [2.45, 2.75) is 13.5 Å². The molecule has 0 unspecified atom stereocenters. The number of furan rings is 1. The normalized spacial score (nSPS) is 10.8. The number of alkyl halides is 2. The number of ether oxygens (including phenoxy) is 1. The quantitative estimate of drug-likeness (QED) is 0.789. The van der Waals surface area contributed by atoms with E-state index in [9.17, 15) is 8.78 Å². The van der Waals surface area contributed by atoms with Crippen molar-refractivity contribution >= 4 is 0 Å². The van der Waals surface area contributed by atoms with E-state index in [-0.39, 0.29) is 5.75 Å². The Labute approximate surface area is 91.5 Å². The summed E-state index contributed by atoms with van der Waals surface area (Å²) < 4.78 is 34.1. The zero-order valence-electron chi connectivity index (χ0n) is 8.61. The van der Waals surface area contributed by atoms with Crippen LogP contribution in [0, 0.1) is 6.92 Å². The summed E-state index contributed by atoms with van der Waals surface area (Å²) in [5, 5.41) is 0. The van der Waals surface area contributed by atoms with Crippen LogP contribution in [0.2, 0.25) is 0 Å². The molecule has 1 aromatic heterocycles. The molecule has 16 heavy (non-hydrogen) atoms. The minimum absolute atomic E-state index is 0.130. The molecule has 0 saturated carbocycles. The summed E-state index contributed by atoms with van der Waals surface area (Å²) in [5.41, 5.74) is 1.38. The fourth-order valence-electron chi connectivity index (χ4n) is 1.46. The molecule has 1 heterocycles. The van der Waals surface area contributed by atoms with Gasteiger partial charge >= 0.3 is 6.61 Å². The third-order valence-corrected chi connectivity index (χ3v) is 2.14. The molecule has 0 aliphatic heterocycles. The Morgan fingerprint density at radius 1 is 1.25 bits per heavy atom. The maximum absolute atomic E-state index is 12.2. The van der Waals surface area contributed by atoms with Gasteiger partial charge in [-0.2, -0.15) is 8.78 Å². The first kappa shape index (κ1) is 10.7. The van der Waals surface area contributed by atoms with Crippen LogP contribution >= 0.6 is 0 Å². The molecule has 2 rings (SSSR count). The number of benzene rings is 1. The molecule has 0 radical (unpaired) electrons. The Hall–Kier alpha value is -1.84. The first-order chi connectivity index (χ1) is 7.66. The maximum atomic E-state index is 12.2. The molecule has 4 heteroatoms. The summed E-state index contributed by atoms with van der Waals surface area (Å²) in [7, 11) is 0. The molecule has 0 N–H and O–H groups in total. The number of halogens is 2. The molecule has 2 aromatic rings. The van der Waals surface area contributed by atoms with Gasteiger partial charge < -0.3 is 9.15 Å². The third-order valence-electron chi connectivity index (χ3n) is 2.14. The number of rotatable bonds is 3. The summed E-state index contributed by atoms with van der Waals surface area (Å²) >= 11 is 0. The molecule has 0 bridgehead atoms. The lowest BCUT2D eigenvalue weighted by atomic mass is 10.1. The number of hydrogen-bond donors (Lipinski definition) is 0. The average molecular weight is 224 g/mol. The molecule has 0 fully saturated rings. The Morgan fingerprint density at radius 3 is 2.69 bits per heavy atom. The second-order valence-electron chi connectivity index (χ2n) is 3.36. The van der Waals surface area contributed by atoms with Gasteiger partial charge in [-0.1, -0.05) is 6.07 Å². The molecule has 0 aliphatic carbocycles. The zero-order valence-corrected chi connectivity index (χ0v) is 8.61. The van der Waals surface area contributed by atoms with Gasteiger partial charge in [-0.3, -0.25) is 0 Å². The van der Waals surface area contributed by atoms with Crippen LogP contribution in [-0.2, 0) is 0 Å². The fourth-order valence-corrected chi connectivity index (χ4v) is 1.46. The Morgan fingerprint density at radius 2 is 2.06 bits per heavy atom. The van der Waals surface area contributed by atoms with Crippen molar-refractivity contribution < 1.29 is 17.9 Å². The summed E-state index contributed by atoms with van der Waals surface area (Å²) in [4.78, 5) is 0. The van der Waals surface area contributed by atoms with Crippen LogP contribution in [0.4, 0.5) is 8.78 Å². The van der Waals surface area contributed by atoms with E-state index in [1.165, 1.54) is 6.26 Å². The largest absolute Gasteiger partial charge is 0.464 e. The maximum Gasteiger partial charge on any atom is 0.387 e. The van der Waals surface area contributed by atoms with Crippen LogP contribution in [0.5, 0.6) is 5.75 Å². The fraction of sp³-hybridized carbons (Fsp3) is 0.167. The lowest BCUT2D eigenvalue weighted by Crippen LogP contribution is -2.03. The second kappa shape index (κ2) is 4.35. The highest BCUT2D eigenvalue weighted by atomic mass is 19.3. The average Bonchev–Trinajstić information content (AvgIpc) is 2.69. The van der Waals surface area contributed by atoms with Crippen molar-refractivity contribution in [3.05, 3.63) is 42.2 Å². The summed E-state index contributed by atoms with van der Waals surface area (Å²) in [6, 6.07) is 8.47. The van der Waals surface area contributed by atoms with Gasteiger partial charge in [0.05, 0.1) is 11.8 Å². The van der Waals surface area contributed by atoms with E-state index in [0.717, 1.165) is 5.56 Å². The van der Waals surface area contributed by atoms with Gasteiger partial charge in [-0.05, 0) is 36.8 Å². The lowest BCUT2D eigenvalue weighted by molar-refractivity contribution is -0.0495. The van der Waals surface area contributed by atoms with Crippen molar-refractivity contribution in [2.75, 3.05) is 0 Å². The molecule has 2 nitrogen and oxygen atoms in total. The topological polar surface area (TPSA) is 22.4 Å². The van der Waals surface area contributed by atoms with Crippen molar-refractivity contribution in [3.63, 3.8) is 0 Å². The zero-order chi connectivity index (χ0) is 11.5. The monoisotopic (exact) mass is 224 g/mol. The second-order valence-corrected chi connectivity index (χ2v) is 3.36. The Bertz CT molecular complexity index is 464. The van der Waals surface area contributed by atoms with Crippen LogP contribution in [-0.4, -0.2) is 6.61 Å². The summed E-state index contributed by atoms with van der Waals surface area (Å²) in [5.74, 6) is 0.639. The van der Waals surface area contributed by atoms with Gasteiger partial charge in [-0.15, -0.1) is 0 Å². The van der Waals surface area contributed by atoms with Crippen LogP contribution in [0.15, 0.2) is 41.0 Å². The van der Waals surface area contributed by atoms with Crippen LogP contribution in [0.25, 0.3) is 11.3 Å². The highest BCUT2D eigenvalue weighted by Gasteiger charge is 2.12. The van der Waals surface area contributed by atoms with Gasteiger partial charge in [-0.25, -0.2) is 0 Å². The highest BCUT2D eigenvalue weighted by Crippen LogP contribution is 2.32. The molecule has 1 aromatic carbocycles. The van der Waals surface area contributed by atoms with Crippen molar-refractivity contribution in [1.29, 1.82) is 0 Å². The molecule has 0 saturated heterocycles. The van der Waals surface area contributed by atoms with E-state index in [2.05, 4.69) is 4.74 Å². The minimum atomic E-state index is -2.84. The van der Waals surface area contributed by atoms with Gasteiger partial charge in [0, 0.05) is 0 Å². The first-order valence-corrected chi connectivity index (χ1v) is 4.76. The number of hydrogen-bond acceptors (Lipinski definition) is 2. The molecule has 84 valence electrons. The van der Waals surface area contributed by atoms with Gasteiger partial charge in [0.2, 0.25) is 0 Å². The van der Waals surface area contributed by atoms with E-state index in [4.69, 9.17) is 4.42 Å². The third kappa shape index (κ3) is 2.21. The van der Waals surface area contributed by atoms with E-state index >= 15 is 0 Å². The molecular formula is C12H10F2O2. The Balaban J connectivity index is 2.44. The van der Waals surface area contributed by atoms with Crippen LogP contribution < -0.4 is 4.74 Å². The first-order valence-electron chi connectivity index (χ1n) is 4.76. The van der Waals surface area contributed by atoms with Crippen LogP contribution in [0.3, 0.4) is 0 Å². The van der Waals surface area contributed by atoms with E-state index in [1.807, 2.05) is 13.0 Å².